The number of nitrogens with zero attached hydrogens (tertiary/aromatic N) is 3. The molecule has 0 aliphatic heterocycles. The second-order valence-electron chi connectivity index (χ2n) is 5.66. The predicted octanol–water partition coefficient (Wildman–Crippen LogP) is -1.58. The molecule has 0 amide bonds. The number of hydrazine groups is 1. The van der Waals surface area contributed by atoms with Crippen molar-refractivity contribution in [3.8, 4) is 5.75 Å². The summed E-state index contributed by atoms with van der Waals surface area (Å²) < 4.78 is 30.8. The molecule has 150 valence electrons. The van der Waals surface area contributed by atoms with E-state index >= 15 is 0 Å². The summed E-state index contributed by atoms with van der Waals surface area (Å²) in [5.74, 6) is -1.17. The quantitative estimate of drug-likeness (QED) is 0.294. The number of benzene rings is 2. The van der Waals surface area contributed by atoms with Gasteiger partial charge in [-0.1, -0.05) is 11.6 Å². The number of hydrazone groups is 1. The summed E-state index contributed by atoms with van der Waals surface area (Å²) in [7, 11) is 0.294. The van der Waals surface area contributed by atoms with Crippen LogP contribution in [-0.2, 0) is 10.0 Å². The van der Waals surface area contributed by atoms with Gasteiger partial charge in [-0.3, -0.25) is 5.43 Å². The van der Waals surface area contributed by atoms with Gasteiger partial charge in [0.2, 0.25) is 10.0 Å². The molecule has 2 rings (SSSR count). The number of aromatic carboxylic acids is 1. The number of sulfonamides is 1. The molecule has 2 aromatic rings. The third-order valence-electron chi connectivity index (χ3n) is 3.72. The fourth-order valence-corrected chi connectivity index (χ4v) is 3.39. The van der Waals surface area contributed by atoms with E-state index in [9.17, 15) is 18.3 Å². The Morgan fingerprint density at radius 1 is 1.24 bits per heavy atom. The average molecular weight is 449 g/mol. The second kappa shape index (κ2) is 10.3. The Bertz CT molecular complexity index is 1020. The number of anilines is 2. The first kappa shape index (κ1) is 25.2. The number of methoxy groups -OCH3 is 1. The molecule has 0 spiro atoms. The van der Waals surface area contributed by atoms with E-state index in [1.807, 2.05) is 0 Å². The molecule has 0 saturated heterocycles. The van der Waals surface area contributed by atoms with E-state index in [1.165, 1.54) is 33.3 Å². The smallest absolute Gasteiger partial charge is 0.545 e. The molecule has 29 heavy (non-hydrogen) atoms. The maximum absolute atomic E-state index is 12.3. The van der Waals surface area contributed by atoms with E-state index in [4.69, 9.17) is 16.3 Å². The van der Waals surface area contributed by atoms with Gasteiger partial charge in [-0.25, -0.2) is 12.7 Å². The van der Waals surface area contributed by atoms with Crippen molar-refractivity contribution in [2.24, 2.45) is 5.10 Å². The van der Waals surface area contributed by atoms with Crippen LogP contribution in [0, 0.1) is 0 Å². The van der Waals surface area contributed by atoms with Gasteiger partial charge in [0.15, 0.2) is 0 Å². The first-order valence-corrected chi connectivity index (χ1v) is 9.58. The summed E-state index contributed by atoms with van der Waals surface area (Å²) in [5.41, 5.74) is 2.82. The fourth-order valence-electron chi connectivity index (χ4n) is 2.29. The molecule has 0 atom stereocenters. The molecule has 0 fully saturated rings. The van der Waals surface area contributed by atoms with Crippen LogP contribution in [0.1, 0.15) is 10.4 Å². The van der Waals surface area contributed by atoms with Crippen LogP contribution in [0.4, 0.5) is 11.4 Å². The SMILES string of the molecule is C=NN(Nc1cc(Cl)ccc1OC)c1ccc(S(=O)(=O)N(C)C)cc1C(=O)[O-].[Na+]. The number of hydrogen-bond acceptors (Lipinski definition) is 8. The molecule has 0 aromatic heterocycles. The maximum Gasteiger partial charge on any atom is 1.00 e. The summed E-state index contributed by atoms with van der Waals surface area (Å²) in [4.78, 5) is 11.4. The van der Waals surface area contributed by atoms with E-state index in [0.717, 1.165) is 15.5 Å². The minimum Gasteiger partial charge on any atom is -0.545 e. The average Bonchev–Trinajstić information content (AvgIpc) is 2.65. The summed E-state index contributed by atoms with van der Waals surface area (Å²) >= 11 is 5.99. The summed E-state index contributed by atoms with van der Waals surface area (Å²) in [5, 5.41) is 16.8. The Kier molecular flexibility index (Phi) is 8.94. The van der Waals surface area contributed by atoms with Crippen molar-refractivity contribution in [2.45, 2.75) is 4.90 Å². The number of carbonyl (C=O) groups is 1. The Hall–Kier alpha value is -1.82. The van der Waals surface area contributed by atoms with Gasteiger partial charge >= 0.3 is 29.6 Å². The molecule has 0 aliphatic carbocycles. The van der Waals surface area contributed by atoms with Crippen LogP contribution in [0.3, 0.4) is 0 Å². The van der Waals surface area contributed by atoms with Gasteiger partial charge in [-0.2, -0.15) is 10.2 Å². The molecular formula is C17H18ClN4NaO5S. The number of carboxylic acid groups (broad SMARTS) is 1. The van der Waals surface area contributed by atoms with Crippen LogP contribution in [0.25, 0.3) is 0 Å². The first-order chi connectivity index (χ1) is 13.1. The van der Waals surface area contributed by atoms with Gasteiger partial charge in [-0.05, 0) is 36.4 Å². The third-order valence-corrected chi connectivity index (χ3v) is 5.77. The van der Waals surface area contributed by atoms with E-state index in [0.29, 0.717) is 16.5 Å². The zero-order valence-corrected chi connectivity index (χ0v) is 19.9. The molecule has 0 radical (unpaired) electrons. The van der Waals surface area contributed by atoms with Crippen LogP contribution < -0.4 is 49.9 Å². The summed E-state index contributed by atoms with van der Waals surface area (Å²) in [6.45, 7) is 3.41. The molecule has 12 heteroatoms. The number of halogens is 1. The fraction of sp³-hybridized carbons (Fsp3) is 0.176. The van der Waals surface area contributed by atoms with Gasteiger partial charge in [0.1, 0.15) is 5.75 Å². The zero-order valence-electron chi connectivity index (χ0n) is 16.3. The van der Waals surface area contributed by atoms with Crippen molar-refractivity contribution >= 4 is 45.7 Å². The van der Waals surface area contributed by atoms with Crippen molar-refractivity contribution in [2.75, 3.05) is 31.7 Å². The second-order valence-corrected chi connectivity index (χ2v) is 8.25. The minimum absolute atomic E-state index is 0. The first-order valence-electron chi connectivity index (χ1n) is 7.76. The van der Waals surface area contributed by atoms with Gasteiger partial charge in [-0.15, -0.1) is 0 Å². The van der Waals surface area contributed by atoms with E-state index in [-0.39, 0.29) is 40.1 Å². The topological polar surface area (TPSA) is 114 Å². The molecule has 0 saturated carbocycles. The zero-order chi connectivity index (χ0) is 21.1. The number of carbonyl (C=O) groups excluding carboxylic acids is 1. The van der Waals surface area contributed by atoms with Crippen molar-refractivity contribution < 1.29 is 52.6 Å². The molecule has 0 heterocycles. The minimum atomic E-state index is -3.84. The van der Waals surface area contributed by atoms with E-state index in [2.05, 4.69) is 17.2 Å². The molecular weight excluding hydrogens is 431 g/mol. The van der Waals surface area contributed by atoms with Gasteiger partial charge in [0.05, 0.1) is 29.3 Å². The van der Waals surface area contributed by atoms with Crippen LogP contribution in [0.15, 0.2) is 46.4 Å². The number of rotatable bonds is 8. The Labute approximate surface area is 196 Å². The molecule has 0 unspecified atom stereocenters. The Morgan fingerprint density at radius 2 is 1.90 bits per heavy atom. The van der Waals surface area contributed by atoms with Crippen LogP contribution in [0.5, 0.6) is 5.75 Å². The van der Waals surface area contributed by atoms with Gasteiger partial charge < -0.3 is 14.6 Å². The van der Waals surface area contributed by atoms with Crippen LogP contribution in [0.2, 0.25) is 5.02 Å². The number of carboxylic acids is 1. The Balaban J connectivity index is 0.00000420. The van der Waals surface area contributed by atoms with Crippen LogP contribution in [-0.4, -0.2) is 46.6 Å². The van der Waals surface area contributed by atoms with Gasteiger partial charge in [0.25, 0.3) is 0 Å². The third kappa shape index (κ3) is 5.62. The Morgan fingerprint density at radius 3 is 2.41 bits per heavy atom. The monoisotopic (exact) mass is 448 g/mol. The van der Waals surface area contributed by atoms with E-state index < -0.39 is 21.6 Å². The van der Waals surface area contributed by atoms with Crippen molar-refractivity contribution in [1.29, 1.82) is 0 Å². The predicted molar refractivity (Wildman–Crippen MR) is 105 cm³/mol. The van der Waals surface area contributed by atoms with Crippen molar-refractivity contribution in [1.82, 2.24) is 4.31 Å². The number of hydrogen-bond donors (Lipinski definition) is 1. The number of nitrogens with one attached hydrogen (secondary N) is 1. The molecule has 0 bridgehead atoms. The van der Waals surface area contributed by atoms with Gasteiger partial charge in [0, 0.05) is 31.4 Å². The maximum atomic E-state index is 12.3. The molecule has 1 N–H and O–H groups in total. The summed E-state index contributed by atoms with van der Waals surface area (Å²) in [6, 6.07) is 8.30. The van der Waals surface area contributed by atoms with Crippen molar-refractivity contribution in [3.05, 3.63) is 47.0 Å². The molecule has 2 aromatic carbocycles. The molecule has 9 nitrogen and oxygen atoms in total. The largest absolute Gasteiger partial charge is 1.00 e. The van der Waals surface area contributed by atoms with E-state index in [1.54, 1.807) is 18.2 Å². The number of ether oxygens (including phenoxy) is 1. The standard InChI is InChI=1S/C17H19ClN4O5S.Na/c1-19-22(20-14-9-11(18)5-8-16(14)27-4)15-7-6-12(10-13(15)17(23)24)28(25,26)21(2)3;/h5-10,20H,1H2,2-4H3,(H,23,24);/q;+1/p-1. The van der Waals surface area contributed by atoms with Crippen LogP contribution >= 0.6 is 11.6 Å². The normalized spacial score (nSPS) is 10.8. The van der Waals surface area contributed by atoms with Crippen molar-refractivity contribution in [3.63, 3.8) is 0 Å². The molecule has 0 aliphatic rings. The summed E-state index contributed by atoms with van der Waals surface area (Å²) in [6.07, 6.45) is 0.